The number of hydrogen-bond acceptors (Lipinski definition) is 6. The van der Waals surface area contributed by atoms with Crippen LogP contribution in [0.25, 0.3) is 0 Å². The molecular weight excluding hydrogens is 468 g/mol. The Balaban J connectivity index is 1.63. The highest BCUT2D eigenvalue weighted by molar-refractivity contribution is 9.10. The van der Waals surface area contributed by atoms with E-state index in [9.17, 15) is 18.0 Å². The first-order valence-electron chi connectivity index (χ1n) is 8.60. The number of carbonyl (C=O) groups is 2. The van der Waals surface area contributed by atoms with Crippen LogP contribution in [-0.2, 0) is 19.6 Å². The molecule has 0 unspecified atom stereocenters. The molecule has 1 fully saturated rings. The van der Waals surface area contributed by atoms with Crippen molar-refractivity contribution in [2.45, 2.75) is 24.7 Å². The van der Waals surface area contributed by atoms with Crippen molar-refractivity contribution in [2.75, 3.05) is 25.0 Å². The quantitative estimate of drug-likeness (QED) is 0.631. The SMILES string of the molecule is Cc1cc(NC(=O)COC(=O)c2sccc2S(=O)(=O)N2CCCC2)ccc1Br. The van der Waals surface area contributed by atoms with Gasteiger partial charge < -0.3 is 10.1 Å². The normalized spacial score (nSPS) is 14.8. The number of rotatable bonds is 6. The maximum Gasteiger partial charge on any atom is 0.350 e. The number of sulfonamides is 1. The Hall–Kier alpha value is -1.75. The second-order valence-corrected chi connectivity index (χ2v) is 9.99. The number of aryl methyl sites for hydroxylation is 1. The molecule has 0 radical (unpaired) electrons. The zero-order valence-corrected chi connectivity index (χ0v) is 18.3. The van der Waals surface area contributed by atoms with Crippen LogP contribution in [-0.4, -0.2) is 44.3 Å². The number of benzene rings is 1. The average molecular weight is 487 g/mol. The summed E-state index contributed by atoms with van der Waals surface area (Å²) in [6.45, 7) is 2.28. The van der Waals surface area contributed by atoms with Crippen LogP contribution in [0.15, 0.2) is 39.0 Å². The second kappa shape index (κ2) is 8.73. The standard InChI is InChI=1S/C18H19BrN2O5S2/c1-12-10-13(4-5-14(12)19)20-16(22)11-26-18(23)17-15(6-9-27-17)28(24,25)21-7-2-3-8-21/h4-6,9-10H,2-3,7-8,11H2,1H3,(H,20,22). The molecule has 1 aliphatic rings. The number of carbonyl (C=O) groups excluding carboxylic acids is 2. The highest BCUT2D eigenvalue weighted by atomic mass is 79.9. The van der Waals surface area contributed by atoms with Gasteiger partial charge in [-0.25, -0.2) is 13.2 Å². The molecule has 3 rings (SSSR count). The lowest BCUT2D eigenvalue weighted by molar-refractivity contribution is -0.119. The van der Waals surface area contributed by atoms with Gasteiger partial charge in [-0.2, -0.15) is 4.31 Å². The Kier molecular flexibility index (Phi) is 6.54. The molecule has 1 saturated heterocycles. The lowest BCUT2D eigenvalue weighted by atomic mass is 10.2. The van der Waals surface area contributed by atoms with Crippen LogP contribution in [0.2, 0.25) is 0 Å². The summed E-state index contributed by atoms with van der Waals surface area (Å²) in [7, 11) is -3.73. The summed E-state index contributed by atoms with van der Waals surface area (Å²) < 4.78 is 32.7. The third-order valence-corrected chi connectivity index (χ3v) is 8.13. The van der Waals surface area contributed by atoms with Crippen LogP contribution in [0.3, 0.4) is 0 Å². The van der Waals surface area contributed by atoms with Crippen LogP contribution >= 0.6 is 27.3 Å². The molecule has 2 heterocycles. The largest absolute Gasteiger partial charge is 0.451 e. The van der Waals surface area contributed by atoms with Gasteiger partial charge in [-0.1, -0.05) is 15.9 Å². The van der Waals surface area contributed by atoms with E-state index in [0.717, 1.165) is 34.2 Å². The van der Waals surface area contributed by atoms with Gasteiger partial charge in [0.1, 0.15) is 9.77 Å². The van der Waals surface area contributed by atoms with Crippen molar-refractivity contribution in [1.82, 2.24) is 4.31 Å². The number of halogens is 1. The van der Waals surface area contributed by atoms with Crippen LogP contribution in [0, 0.1) is 6.92 Å². The zero-order valence-electron chi connectivity index (χ0n) is 15.1. The summed E-state index contributed by atoms with van der Waals surface area (Å²) in [4.78, 5) is 24.3. The molecule has 1 aromatic heterocycles. The van der Waals surface area contributed by atoms with Crippen molar-refractivity contribution in [3.05, 3.63) is 44.6 Å². The van der Waals surface area contributed by atoms with Gasteiger partial charge >= 0.3 is 5.97 Å². The molecule has 1 amide bonds. The summed E-state index contributed by atoms with van der Waals surface area (Å²) in [6.07, 6.45) is 1.61. The predicted molar refractivity (Wildman–Crippen MR) is 110 cm³/mol. The van der Waals surface area contributed by atoms with Gasteiger partial charge in [-0.15, -0.1) is 11.3 Å². The predicted octanol–water partition coefficient (Wildman–Crippen LogP) is 3.40. The van der Waals surface area contributed by atoms with Gasteiger partial charge in [0.25, 0.3) is 5.91 Å². The first-order chi connectivity index (χ1) is 13.3. The third kappa shape index (κ3) is 4.62. The van der Waals surface area contributed by atoms with Crippen LogP contribution in [0.5, 0.6) is 0 Å². The summed E-state index contributed by atoms with van der Waals surface area (Å²) in [5.74, 6) is -1.33. The zero-order chi connectivity index (χ0) is 20.3. The summed E-state index contributed by atoms with van der Waals surface area (Å²) in [6, 6.07) is 6.71. The molecular formula is C18H19BrN2O5S2. The molecule has 0 bridgehead atoms. The lowest BCUT2D eigenvalue weighted by Gasteiger charge is -2.15. The fourth-order valence-electron chi connectivity index (χ4n) is 2.83. The first-order valence-corrected chi connectivity index (χ1v) is 11.7. The number of anilines is 1. The second-order valence-electron chi connectivity index (χ2n) is 6.31. The Bertz CT molecular complexity index is 997. The lowest BCUT2D eigenvalue weighted by Crippen LogP contribution is -2.29. The third-order valence-electron chi connectivity index (χ3n) is 4.27. The number of ether oxygens (including phenoxy) is 1. The van der Waals surface area contributed by atoms with Crippen molar-refractivity contribution in [3.8, 4) is 0 Å². The summed E-state index contributed by atoms with van der Waals surface area (Å²) in [5.41, 5.74) is 1.53. The van der Waals surface area contributed by atoms with Crippen LogP contribution < -0.4 is 5.32 Å². The monoisotopic (exact) mass is 486 g/mol. The van der Waals surface area contributed by atoms with Crippen LogP contribution in [0.4, 0.5) is 5.69 Å². The molecule has 0 atom stereocenters. The minimum absolute atomic E-state index is 0.0146. The fourth-order valence-corrected chi connectivity index (χ4v) is 5.88. The van der Waals surface area contributed by atoms with Gasteiger partial charge in [0.15, 0.2) is 6.61 Å². The highest BCUT2D eigenvalue weighted by Crippen LogP contribution is 2.28. The maximum atomic E-state index is 12.7. The molecule has 7 nitrogen and oxygen atoms in total. The van der Waals surface area contributed by atoms with Crippen molar-refractivity contribution in [3.63, 3.8) is 0 Å². The van der Waals surface area contributed by atoms with Gasteiger partial charge in [0, 0.05) is 23.2 Å². The number of amides is 1. The maximum absolute atomic E-state index is 12.7. The van der Waals surface area contributed by atoms with Crippen molar-refractivity contribution < 1.29 is 22.7 Å². The van der Waals surface area contributed by atoms with Crippen molar-refractivity contribution in [2.24, 2.45) is 0 Å². The first kappa shape index (κ1) is 21.0. The Morgan fingerprint density at radius 3 is 2.64 bits per heavy atom. The van der Waals surface area contributed by atoms with Gasteiger partial charge in [-0.05, 0) is 55.0 Å². The van der Waals surface area contributed by atoms with E-state index >= 15 is 0 Å². The summed E-state index contributed by atoms with van der Waals surface area (Å²) >= 11 is 4.37. The molecule has 2 aromatic rings. The van der Waals surface area contributed by atoms with Crippen LogP contribution in [0.1, 0.15) is 28.1 Å². The minimum Gasteiger partial charge on any atom is -0.451 e. The fraction of sp³-hybridized carbons (Fsp3) is 0.333. The summed E-state index contributed by atoms with van der Waals surface area (Å²) in [5, 5.41) is 4.17. The van der Waals surface area contributed by atoms with Gasteiger partial charge in [0.2, 0.25) is 10.0 Å². The number of nitrogens with one attached hydrogen (secondary N) is 1. The molecule has 1 aliphatic heterocycles. The number of hydrogen-bond donors (Lipinski definition) is 1. The molecule has 10 heteroatoms. The molecule has 0 spiro atoms. The average Bonchev–Trinajstić information content (AvgIpc) is 3.35. The van der Waals surface area contributed by atoms with E-state index in [0.29, 0.717) is 18.8 Å². The Morgan fingerprint density at radius 1 is 1.25 bits per heavy atom. The van der Waals surface area contributed by atoms with E-state index in [2.05, 4.69) is 21.2 Å². The molecule has 28 heavy (non-hydrogen) atoms. The molecule has 0 saturated carbocycles. The van der Waals surface area contributed by atoms with E-state index in [4.69, 9.17) is 4.74 Å². The van der Waals surface area contributed by atoms with E-state index in [1.165, 1.54) is 15.8 Å². The number of thiophene rings is 1. The number of esters is 1. The minimum atomic E-state index is -3.73. The van der Waals surface area contributed by atoms with Gasteiger partial charge in [0.05, 0.1) is 0 Å². The van der Waals surface area contributed by atoms with Crippen molar-refractivity contribution >= 4 is 54.9 Å². The van der Waals surface area contributed by atoms with E-state index in [-0.39, 0.29) is 9.77 Å². The topological polar surface area (TPSA) is 92.8 Å². The van der Waals surface area contributed by atoms with E-state index in [1.807, 2.05) is 6.92 Å². The highest BCUT2D eigenvalue weighted by Gasteiger charge is 2.32. The van der Waals surface area contributed by atoms with Gasteiger partial charge in [-0.3, -0.25) is 4.79 Å². The molecule has 1 N–H and O–H groups in total. The smallest absolute Gasteiger partial charge is 0.350 e. The molecule has 0 aliphatic carbocycles. The van der Waals surface area contributed by atoms with E-state index in [1.54, 1.807) is 18.2 Å². The van der Waals surface area contributed by atoms with E-state index < -0.39 is 28.5 Å². The molecule has 150 valence electrons. The Labute approximate surface area is 175 Å². The molecule has 1 aromatic carbocycles. The number of nitrogens with zero attached hydrogens (tertiary/aromatic N) is 1. The Morgan fingerprint density at radius 2 is 1.96 bits per heavy atom. The van der Waals surface area contributed by atoms with Crippen molar-refractivity contribution in [1.29, 1.82) is 0 Å².